The van der Waals surface area contributed by atoms with Gasteiger partial charge < -0.3 is 5.11 Å². The highest BCUT2D eigenvalue weighted by molar-refractivity contribution is 5.67. The largest absolute Gasteiger partial charge is 0.481 e. The third-order valence-corrected chi connectivity index (χ3v) is 2.27. The van der Waals surface area contributed by atoms with Gasteiger partial charge in [-0.15, -0.1) is 0 Å². The Hall–Kier alpha value is -1.38. The van der Waals surface area contributed by atoms with Gasteiger partial charge in [0.05, 0.1) is 0 Å². The number of hydrogen-bond acceptors (Lipinski definition) is 1. The molecule has 1 aromatic rings. The first kappa shape index (κ1) is 10.7. The first-order valence-electron chi connectivity index (χ1n) is 4.48. The van der Waals surface area contributed by atoms with Crippen molar-refractivity contribution in [3.63, 3.8) is 0 Å². The van der Waals surface area contributed by atoms with Crippen LogP contribution in [0.1, 0.15) is 23.1 Å². The van der Waals surface area contributed by atoms with Gasteiger partial charge in [-0.3, -0.25) is 4.79 Å². The van der Waals surface area contributed by atoms with Gasteiger partial charge in [0, 0.05) is 6.42 Å². The molecule has 14 heavy (non-hydrogen) atoms. The van der Waals surface area contributed by atoms with Crippen molar-refractivity contribution >= 4 is 5.97 Å². The average molecular weight is 196 g/mol. The second-order valence-corrected chi connectivity index (χ2v) is 3.42. The van der Waals surface area contributed by atoms with Crippen molar-refractivity contribution in [1.82, 2.24) is 0 Å². The highest BCUT2D eigenvalue weighted by Gasteiger charge is 2.06. The molecule has 0 saturated heterocycles. The van der Waals surface area contributed by atoms with Crippen LogP contribution < -0.4 is 0 Å². The zero-order chi connectivity index (χ0) is 10.7. The minimum atomic E-state index is -0.900. The van der Waals surface area contributed by atoms with Crippen LogP contribution in [0.3, 0.4) is 0 Å². The molecule has 76 valence electrons. The van der Waals surface area contributed by atoms with E-state index in [4.69, 9.17) is 5.11 Å². The van der Waals surface area contributed by atoms with E-state index in [1.807, 2.05) is 13.8 Å². The Labute approximate surface area is 82.4 Å². The van der Waals surface area contributed by atoms with Gasteiger partial charge in [-0.1, -0.05) is 6.07 Å². The van der Waals surface area contributed by atoms with Gasteiger partial charge in [-0.25, -0.2) is 4.39 Å². The Morgan fingerprint density at radius 1 is 1.36 bits per heavy atom. The second-order valence-electron chi connectivity index (χ2n) is 3.42. The van der Waals surface area contributed by atoms with E-state index in [-0.39, 0.29) is 18.7 Å². The van der Waals surface area contributed by atoms with E-state index in [1.165, 1.54) is 6.07 Å². The zero-order valence-corrected chi connectivity index (χ0v) is 8.30. The molecule has 0 saturated carbocycles. The second kappa shape index (κ2) is 4.22. The maximum atomic E-state index is 13.3. The maximum Gasteiger partial charge on any atom is 0.303 e. The van der Waals surface area contributed by atoms with Gasteiger partial charge in [0.15, 0.2) is 0 Å². The average Bonchev–Trinajstić information content (AvgIpc) is 2.09. The van der Waals surface area contributed by atoms with Crippen molar-refractivity contribution in [2.75, 3.05) is 0 Å². The van der Waals surface area contributed by atoms with E-state index in [0.717, 1.165) is 11.1 Å². The van der Waals surface area contributed by atoms with Crippen molar-refractivity contribution < 1.29 is 14.3 Å². The number of carboxylic acid groups (broad SMARTS) is 1. The summed E-state index contributed by atoms with van der Waals surface area (Å²) in [6, 6.07) is 3.17. The first-order valence-corrected chi connectivity index (χ1v) is 4.48. The minimum absolute atomic E-state index is 0.0284. The van der Waals surface area contributed by atoms with Crippen LogP contribution in [0, 0.1) is 19.7 Å². The Bertz CT molecular complexity index is 359. The molecule has 0 atom stereocenters. The third kappa shape index (κ3) is 2.55. The van der Waals surface area contributed by atoms with Crippen LogP contribution in [-0.4, -0.2) is 11.1 Å². The highest BCUT2D eigenvalue weighted by atomic mass is 19.1. The standard InChI is InChI=1S/C11H13FO2/c1-7-5-9(3-4-11(13)14)10(12)6-8(7)2/h5-6H,3-4H2,1-2H3,(H,13,14). The summed E-state index contributed by atoms with van der Waals surface area (Å²) in [6.07, 6.45) is 0.224. The number of aliphatic carboxylic acids is 1. The first-order chi connectivity index (χ1) is 6.50. The molecule has 0 radical (unpaired) electrons. The smallest absolute Gasteiger partial charge is 0.303 e. The Morgan fingerprint density at radius 2 is 1.93 bits per heavy atom. The molecule has 0 aliphatic rings. The maximum absolute atomic E-state index is 13.3. The van der Waals surface area contributed by atoms with Crippen LogP contribution in [0.2, 0.25) is 0 Å². The molecule has 1 N–H and O–H groups in total. The Kier molecular flexibility index (Phi) is 3.23. The zero-order valence-electron chi connectivity index (χ0n) is 8.30. The molecule has 1 aromatic carbocycles. The predicted molar refractivity (Wildman–Crippen MR) is 51.8 cm³/mol. The van der Waals surface area contributed by atoms with Crippen LogP contribution in [0.25, 0.3) is 0 Å². The lowest BCUT2D eigenvalue weighted by Crippen LogP contribution is -2.00. The Balaban J connectivity index is 2.87. The van der Waals surface area contributed by atoms with Crippen LogP contribution in [-0.2, 0) is 11.2 Å². The van der Waals surface area contributed by atoms with Crippen molar-refractivity contribution in [2.24, 2.45) is 0 Å². The van der Waals surface area contributed by atoms with Gasteiger partial charge >= 0.3 is 5.97 Å². The number of carboxylic acids is 1. The summed E-state index contributed by atoms with van der Waals surface area (Å²) >= 11 is 0. The molecule has 0 amide bonds. The van der Waals surface area contributed by atoms with Crippen molar-refractivity contribution in [3.05, 3.63) is 34.6 Å². The van der Waals surface area contributed by atoms with E-state index < -0.39 is 5.97 Å². The van der Waals surface area contributed by atoms with E-state index >= 15 is 0 Å². The molecule has 0 bridgehead atoms. The van der Waals surface area contributed by atoms with Crippen LogP contribution in [0.5, 0.6) is 0 Å². The topological polar surface area (TPSA) is 37.3 Å². The highest BCUT2D eigenvalue weighted by Crippen LogP contribution is 2.16. The minimum Gasteiger partial charge on any atom is -0.481 e. The summed E-state index contributed by atoms with van der Waals surface area (Å²) in [5.74, 6) is -1.21. The van der Waals surface area contributed by atoms with Gasteiger partial charge in [0.2, 0.25) is 0 Å². The molecule has 2 nitrogen and oxygen atoms in total. The molecule has 0 aliphatic heterocycles. The van der Waals surface area contributed by atoms with E-state index in [9.17, 15) is 9.18 Å². The van der Waals surface area contributed by atoms with Gasteiger partial charge in [0.1, 0.15) is 5.82 Å². The fourth-order valence-corrected chi connectivity index (χ4v) is 1.27. The number of benzene rings is 1. The third-order valence-electron chi connectivity index (χ3n) is 2.27. The van der Waals surface area contributed by atoms with Crippen molar-refractivity contribution in [3.8, 4) is 0 Å². The summed E-state index contributed by atoms with van der Waals surface area (Å²) in [5, 5.41) is 8.47. The van der Waals surface area contributed by atoms with Crippen LogP contribution >= 0.6 is 0 Å². The quantitative estimate of drug-likeness (QED) is 0.806. The lowest BCUT2D eigenvalue weighted by molar-refractivity contribution is -0.136. The van der Waals surface area contributed by atoms with E-state index in [0.29, 0.717) is 5.56 Å². The molecule has 1 rings (SSSR count). The van der Waals surface area contributed by atoms with Crippen LogP contribution in [0.15, 0.2) is 12.1 Å². The van der Waals surface area contributed by atoms with Crippen molar-refractivity contribution in [2.45, 2.75) is 26.7 Å². The lowest BCUT2D eigenvalue weighted by atomic mass is 10.0. The van der Waals surface area contributed by atoms with E-state index in [2.05, 4.69) is 0 Å². The molecule has 0 heterocycles. The number of carbonyl (C=O) groups is 1. The number of halogens is 1. The summed E-state index contributed by atoms with van der Waals surface area (Å²) in [5.41, 5.74) is 2.36. The fraction of sp³-hybridized carbons (Fsp3) is 0.364. The summed E-state index contributed by atoms with van der Waals surface area (Å²) in [4.78, 5) is 10.3. The molecule has 3 heteroatoms. The molecule has 0 aromatic heterocycles. The van der Waals surface area contributed by atoms with Gasteiger partial charge in [-0.05, 0) is 43.0 Å². The van der Waals surface area contributed by atoms with Gasteiger partial charge in [0.25, 0.3) is 0 Å². The number of hydrogen-bond donors (Lipinski definition) is 1. The monoisotopic (exact) mass is 196 g/mol. The van der Waals surface area contributed by atoms with Gasteiger partial charge in [-0.2, -0.15) is 0 Å². The Morgan fingerprint density at radius 3 is 2.50 bits per heavy atom. The normalized spacial score (nSPS) is 10.2. The SMILES string of the molecule is Cc1cc(F)c(CCC(=O)O)cc1C. The summed E-state index contributed by atoms with van der Waals surface area (Å²) in [6.45, 7) is 3.72. The van der Waals surface area contributed by atoms with E-state index in [1.54, 1.807) is 6.07 Å². The molecule has 0 spiro atoms. The number of rotatable bonds is 3. The van der Waals surface area contributed by atoms with Crippen molar-refractivity contribution in [1.29, 1.82) is 0 Å². The fourth-order valence-electron chi connectivity index (χ4n) is 1.27. The van der Waals surface area contributed by atoms with Crippen LogP contribution in [0.4, 0.5) is 4.39 Å². The summed E-state index contributed by atoms with van der Waals surface area (Å²) < 4.78 is 13.3. The molecule has 0 unspecified atom stereocenters. The molecular formula is C11H13FO2. The molecule has 0 aliphatic carbocycles. The predicted octanol–water partition coefficient (Wildman–Crippen LogP) is 2.46. The number of aryl methyl sites for hydroxylation is 3. The molecular weight excluding hydrogens is 183 g/mol. The lowest BCUT2D eigenvalue weighted by Gasteiger charge is -2.05. The molecule has 0 fully saturated rings. The summed E-state index contributed by atoms with van der Waals surface area (Å²) in [7, 11) is 0.